The zero-order valence-electron chi connectivity index (χ0n) is 10.6. The Balaban J connectivity index is 2.18. The number of alkyl halides is 3. The van der Waals surface area contributed by atoms with Gasteiger partial charge in [-0.2, -0.15) is 13.2 Å². The van der Waals surface area contributed by atoms with Crippen LogP contribution in [0.2, 0.25) is 0 Å². The van der Waals surface area contributed by atoms with Crippen LogP contribution in [0.4, 0.5) is 13.2 Å². The molecule has 1 aliphatic rings. The number of benzene rings is 1. The number of ketones is 1. The van der Waals surface area contributed by atoms with Crippen molar-refractivity contribution in [3.63, 3.8) is 0 Å². The first kappa shape index (κ1) is 14.0. The third-order valence-electron chi connectivity index (χ3n) is 3.54. The fourth-order valence-electron chi connectivity index (χ4n) is 2.35. The monoisotopic (exact) mass is 274 g/mol. The van der Waals surface area contributed by atoms with Crippen molar-refractivity contribution in [3.8, 4) is 0 Å². The largest absolute Gasteiger partial charge is 0.503 e. The van der Waals surface area contributed by atoms with Crippen molar-refractivity contribution in [1.29, 1.82) is 0 Å². The van der Waals surface area contributed by atoms with E-state index < -0.39 is 24.0 Å². The molecule has 19 heavy (non-hydrogen) atoms. The Labute approximate surface area is 109 Å². The van der Waals surface area contributed by atoms with E-state index in [4.69, 9.17) is 0 Å². The molecule has 0 amide bonds. The van der Waals surface area contributed by atoms with Crippen LogP contribution >= 0.6 is 0 Å². The van der Waals surface area contributed by atoms with Crippen molar-refractivity contribution in [3.05, 3.63) is 35.4 Å². The van der Waals surface area contributed by atoms with Crippen LogP contribution < -0.4 is 10.6 Å². The number of hydrogen-bond donors (Lipinski definition) is 2. The summed E-state index contributed by atoms with van der Waals surface area (Å²) in [6.07, 6.45) is -4.93. The average molecular weight is 274 g/mol. The number of quaternary nitrogens is 2. The van der Waals surface area contributed by atoms with E-state index in [2.05, 4.69) is 0 Å². The summed E-state index contributed by atoms with van der Waals surface area (Å²) in [5.74, 6) is -0.466. The highest BCUT2D eigenvalue weighted by molar-refractivity contribution is 5.96. The quantitative estimate of drug-likeness (QED) is 0.747. The number of aryl methyl sites for hydroxylation is 1. The van der Waals surface area contributed by atoms with Crippen LogP contribution in [-0.4, -0.2) is 30.7 Å². The van der Waals surface area contributed by atoms with Crippen LogP contribution in [0.25, 0.3) is 0 Å². The van der Waals surface area contributed by atoms with Gasteiger partial charge in [0.15, 0.2) is 5.78 Å². The molecule has 4 N–H and O–H groups in total. The van der Waals surface area contributed by atoms with Crippen LogP contribution in [0.3, 0.4) is 0 Å². The maximum atomic E-state index is 13.1. The lowest BCUT2D eigenvalue weighted by Crippen LogP contribution is -3.15. The number of halogens is 3. The molecule has 1 aromatic carbocycles. The van der Waals surface area contributed by atoms with Gasteiger partial charge in [0.25, 0.3) is 0 Å². The highest BCUT2D eigenvalue weighted by Crippen LogP contribution is 2.27. The Morgan fingerprint density at radius 1 is 1.21 bits per heavy atom. The molecule has 1 aliphatic heterocycles. The summed E-state index contributed by atoms with van der Waals surface area (Å²) in [5.41, 5.74) is -0.737. The molecule has 104 valence electrons. The lowest BCUT2D eigenvalue weighted by molar-refractivity contribution is -0.911. The molecular formula is C13H17F3N2O+2. The van der Waals surface area contributed by atoms with Crippen molar-refractivity contribution in [2.45, 2.75) is 25.2 Å². The lowest BCUT2D eigenvalue weighted by Gasteiger charge is -2.24. The van der Waals surface area contributed by atoms with E-state index in [9.17, 15) is 18.0 Å². The highest BCUT2D eigenvalue weighted by Gasteiger charge is 2.65. The normalized spacial score (nSPS) is 18.5. The first-order valence-corrected chi connectivity index (χ1v) is 6.19. The van der Waals surface area contributed by atoms with Gasteiger partial charge in [0.1, 0.15) is 19.5 Å². The maximum Gasteiger partial charge on any atom is 0.503 e. The van der Waals surface area contributed by atoms with Gasteiger partial charge in [-0.25, -0.2) is 0 Å². The Morgan fingerprint density at radius 3 is 2.21 bits per heavy atom. The fraction of sp³-hybridized carbons (Fsp3) is 0.462. The number of carbonyl (C=O) groups excluding carboxylic acids is 1. The van der Waals surface area contributed by atoms with E-state index in [0.29, 0.717) is 18.7 Å². The minimum atomic E-state index is -4.40. The molecule has 0 aromatic heterocycles. The standard InChI is InChI=1S/C13H15F3N2O/c1-9-2-4-10(5-3-9)11(19)8-12(13(14,15)16)17-6-7-18-12/h2-5,17-18H,6-8H2,1H3/p+2. The van der Waals surface area contributed by atoms with Gasteiger partial charge in [-0.15, -0.1) is 0 Å². The molecule has 1 aromatic rings. The summed E-state index contributed by atoms with van der Waals surface area (Å²) < 4.78 is 39.4. The van der Waals surface area contributed by atoms with E-state index in [1.165, 1.54) is 10.6 Å². The molecule has 6 heteroatoms. The van der Waals surface area contributed by atoms with E-state index in [1.54, 1.807) is 24.3 Å². The van der Waals surface area contributed by atoms with E-state index in [1.807, 2.05) is 6.92 Å². The Hall–Kier alpha value is -1.40. The molecule has 0 radical (unpaired) electrons. The number of carbonyl (C=O) groups is 1. The van der Waals surface area contributed by atoms with Gasteiger partial charge in [0.2, 0.25) is 0 Å². The topological polar surface area (TPSA) is 50.3 Å². The second-order valence-corrected chi connectivity index (χ2v) is 4.99. The second kappa shape index (κ2) is 4.94. The molecule has 0 saturated carbocycles. The van der Waals surface area contributed by atoms with Gasteiger partial charge in [-0.3, -0.25) is 15.4 Å². The summed E-state index contributed by atoms with van der Waals surface area (Å²) >= 11 is 0. The summed E-state index contributed by atoms with van der Waals surface area (Å²) in [4.78, 5) is 12.0. The summed E-state index contributed by atoms with van der Waals surface area (Å²) in [6, 6.07) is 6.62. The first-order chi connectivity index (χ1) is 8.84. The van der Waals surface area contributed by atoms with Gasteiger partial charge >= 0.3 is 11.8 Å². The van der Waals surface area contributed by atoms with Crippen LogP contribution in [0.15, 0.2) is 24.3 Å². The molecule has 0 spiro atoms. The average Bonchev–Trinajstić information content (AvgIpc) is 2.79. The van der Waals surface area contributed by atoms with Crippen LogP contribution in [-0.2, 0) is 0 Å². The van der Waals surface area contributed by atoms with Crippen molar-refractivity contribution in [1.82, 2.24) is 0 Å². The Morgan fingerprint density at radius 2 is 1.74 bits per heavy atom. The minimum absolute atomic E-state index is 0.336. The smallest absolute Gasteiger partial charge is 0.294 e. The van der Waals surface area contributed by atoms with E-state index >= 15 is 0 Å². The maximum absolute atomic E-state index is 13.1. The molecule has 0 bridgehead atoms. The van der Waals surface area contributed by atoms with Crippen molar-refractivity contribution in [2.24, 2.45) is 0 Å². The molecule has 1 saturated heterocycles. The summed E-state index contributed by atoms with van der Waals surface area (Å²) in [5, 5.41) is 2.44. The molecule has 0 atom stereocenters. The van der Waals surface area contributed by atoms with Gasteiger partial charge in [-0.1, -0.05) is 29.8 Å². The lowest BCUT2D eigenvalue weighted by atomic mass is 9.98. The third kappa shape index (κ3) is 2.79. The molecule has 1 fully saturated rings. The van der Waals surface area contributed by atoms with E-state index in [-0.39, 0.29) is 0 Å². The minimum Gasteiger partial charge on any atom is -0.294 e. The van der Waals surface area contributed by atoms with Gasteiger partial charge in [0.05, 0.1) is 0 Å². The van der Waals surface area contributed by atoms with Gasteiger partial charge < -0.3 is 0 Å². The van der Waals surface area contributed by atoms with Crippen LogP contribution in [0.5, 0.6) is 0 Å². The first-order valence-electron chi connectivity index (χ1n) is 6.19. The predicted molar refractivity (Wildman–Crippen MR) is 62.5 cm³/mol. The van der Waals surface area contributed by atoms with E-state index in [0.717, 1.165) is 5.56 Å². The van der Waals surface area contributed by atoms with Gasteiger partial charge in [0, 0.05) is 5.56 Å². The predicted octanol–water partition coefficient (Wildman–Crippen LogP) is -0.0332. The molecule has 1 heterocycles. The molecular weight excluding hydrogens is 257 g/mol. The highest BCUT2D eigenvalue weighted by atomic mass is 19.4. The molecule has 3 nitrogen and oxygen atoms in total. The van der Waals surface area contributed by atoms with Crippen molar-refractivity contribution < 1.29 is 28.6 Å². The van der Waals surface area contributed by atoms with Gasteiger partial charge in [-0.05, 0) is 6.92 Å². The van der Waals surface area contributed by atoms with Crippen molar-refractivity contribution >= 4 is 5.78 Å². The molecule has 0 aliphatic carbocycles. The number of rotatable bonds is 3. The number of hydrogen-bond acceptors (Lipinski definition) is 1. The Bertz CT molecular complexity index is 462. The fourth-order valence-corrected chi connectivity index (χ4v) is 2.35. The Kier molecular flexibility index (Phi) is 3.64. The number of Topliss-reactive ketones (excluding diaryl/α,β-unsaturated/α-hetero) is 1. The third-order valence-corrected chi connectivity index (χ3v) is 3.54. The van der Waals surface area contributed by atoms with Crippen molar-refractivity contribution in [2.75, 3.05) is 13.1 Å². The molecule has 0 unspecified atom stereocenters. The second-order valence-electron chi connectivity index (χ2n) is 4.99. The zero-order chi connectivity index (χ0) is 14.1. The van der Waals surface area contributed by atoms with Crippen LogP contribution in [0, 0.1) is 6.92 Å². The summed E-state index contributed by atoms with van der Waals surface area (Å²) in [7, 11) is 0. The van der Waals surface area contributed by atoms with Crippen LogP contribution in [0.1, 0.15) is 22.3 Å². The summed E-state index contributed by atoms with van der Waals surface area (Å²) in [6.45, 7) is 2.62. The number of nitrogens with two attached hydrogens (primary N) is 2. The zero-order valence-corrected chi connectivity index (χ0v) is 10.6. The SMILES string of the molecule is Cc1ccc(C(=O)CC2(C(F)(F)F)[NH2+]CC[NH2+]2)cc1. The molecule has 2 rings (SSSR count).